The molecule has 10 nitrogen and oxygen atoms in total. The maximum absolute atomic E-state index is 11.4. The Bertz CT molecular complexity index is 978. The molecule has 10 heteroatoms. The van der Waals surface area contributed by atoms with Gasteiger partial charge >= 0.3 is 11.9 Å². The summed E-state index contributed by atoms with van der Waals surface area (Å²) in [5, 5.41) is 19.0. The molecule has 0 spiro atoms. The lowest BCUT2D eigenvalue weighted by Gasteiger charge is -2.20. The van der Waals surface area contributed by atoms with Crippen molar-refractivity contribution >= 4 is 11.9 Å². The van der Waals surface area contributed by atoms with Crippen molar-refractivity contribution in [1.82, 2.24) is 0 Å². The summed E-state index contributed by atoms with van der Waals surface area (Å²) in [6, 6.07) is 15.1. The molecule has 4 atom stereocenters. The van der Waals surface area contributed by atoms with Gasteiger partial charge in [0.05, 0.1) is 25.4 Å². The Morgan fingerprint density at radius 3 is 1.37 bits per heavy atom. The monoisotopic (exact) mass is 572 g/mol. The third kappa shape index (κ3) is 14.5. The number of aryl methyl sites for hydroxylation is 2. The van der Waals surface area contributed by atoms with Crippen molar-refractivity contribution < 1.29 is 48.2 Å². The van der Waals surface area contributed by atoms with Gasteiger partial charge in [-0.15, -0.1) is 0 Å². The molecule has 0 aliphatic heterocycles. The molecule has 41 heavy (non-hydrogen) atoms. The molecule has 2 N–H and O–H groups in total. The van der Waals surface area contributed by atoms with Crippen LogP contribution in [0.15, 0.2) is 73.8 Å². The molecule has 0 heterocycles. The van der Waals surface area contributed by atoms with Gasteiger partial charge < -0.3 is 38.6 Å². The number of benzene rings is 2. The third-order valence-corrected chi connectivity index (χ3v) is 5.42. The zero-order valence-electron chi connectivity index (χ0n) is 23.6. The first kappa shape index (κ1) is 33.5. The predicted octanol–water partition coefficient (Wildman–Crippen LogP) is 3.52. The average Bonchev–Trinajstić information content (AvgIpc) is 2.96. The molecule has 0 saturated heterocycles. The molecule has 0 saturated carbocycles. The minimum atomic E-state index is -0.867. The van der Waals surface area contributed by atoms with Crippen molar-refractivity contribution in [2.75, 3.05) is 26.4 Å². The number of hydrogen-bond acceptors (Lipinski definition) is 10. The second kappa shape index (κ2) is 18.6. The molecule has 2 aromatic carbocycles. The van der Waals surface area contributed by atoms with Gasteiger partial charge in [0.1, 0.15) is 11.5 Å². The SMILES string of the molecule is C=CC(=O)OCC(OCC(C)O)Oc1ccc(CCCc2ccc(OC(COC(=O)C=C)OCC(C)O)cc2)cc1. The maximum atomic E-state index is 11.4. The summed E-state index contributed by atoms with van der Waals surface area (Å²) < 4.78 is 32.6. The van der Waals surface area contributed by atoms with E-state index < -0.39 is 36.7 Å². The summed E-state index contributed by atoms with van der Waals surface area (Å²) >= 11 is 0. The van der Waals surface area contributed by atoms with E-state index in [1.165, 1.54) is 0 Å². The molecule has 0 aromatic heterocycles. The van der Waals surface area contributed by atoms with E-state index in [4.69, 9.17) is 28.4 Å². The van der Waals surface area contributed by atoms with E-state index in [-0.39, 0.29) is 26.4 Å². The average molecular weight is 573 g/mol. The van der Waals surface area contributed by atoms with Gasteiger partial charge in [-0.05, 0) is 68.5 Å². The minimum Gasteiger partial charge on any atom is -0.461 e. The van der Waals surface area contributed by atoms with Gasteiger partial charge in [0.2, 0.25) is 12.6 Å². The first-order valence-electron chi connectivity index (χ1n) is 13.4. The summed E-state index contributed by atoms with van der Waals surface area (Å²) in [5.41, 5.74) is 2.26. The normalized spacial score (nSPS) is 13.8. The van der Waals surface area contributed by atoms with Crippen LogP contribution >= 0.6 is 0 Å². The van der Waals surface area contributed by atoms with E-state index in [0.29, 0.717) is 11.5 Å². The fraction of sp³-hybridized carbons (Fsp3) is 0.419. The van der Waals surface area contributed by atoms with Gasteiger partial charge in [0, 0.05) is 12.2 Å². The number of aliphatic hydroxyl groups excluding tert-OH is 2. The van der Waals surface area contributed by atoms with Gasteiger partial charge in [0.25, 0.3) is 0 Å². The summed E-state index contributed by atoms with van der Waals surface area (Å²) in [6.07, 6.45) is 1.60. The first-order chi connectivity index (χ1) is 19.7. The van der Waals surface area contributed by atoms with Crippen molar-refractivity contribution in [1.29, 1.82) is 0 Å². The Labute approximate surface area is 241 Å². The molecule has 0 aliphatic carbocycles. The lowest BCUT2D eigenvalue weighted by atomic mass is 10.0. The number of rotatable bonds is 20. The van der Waals surface area contributed by atoms with Crippen LogP contribution in [0.3, 0.4) is 0 Å². The van der Waals surface area contributed by atoms with Crippen LogP contribution in [0.2, 0.25) is 0 Å². The lowest BCUT2D eigenvalue weighted by Crippen LogP contribution is -2.30. The van der Waals surface area contributed by atoms with E-state index in [0.717, 1.165) is 42.5 Å². The van der Waals surface area contributed by atoms with E-state index >= 15 is 0 Å². The molecule has 0 fully saturated rings. The number of carbonyl (C=O) groups excluding carboxylic acids is 2. The van der Waals surface area contributed by atoms with E-state index in [1.54, 1.807) is 13.8 Å². The topological polar surface area (TPSA) is 130 Å². The number of hydrogen-bond donors (Lipinski definition) is 2. The highest BCUT2D eigenvalue weighted by atomic mass is 16.7. The van der Waals surface area contributed by atoms with Crippen LogP contribution < -0.4 is 9.47 Å². The molecule has 4 unspecified atom stereocenters. The molecule has 2 aromatic rings. The summed E-state index contributed by atoms with van der Waals surface area (Å²) in [7, 11) is 0. The zero-order valence-corrected chi connectivity index (χ0v) is 23.6. The molecular formula is C31H40O10. The number of aliphatic hydroxyl groups is 2. The second-order valence-corrected chi connectivity index (χ2v) is 9.27. The lowest BCUT2D eigenvalue weighted by molar-refractivity contribution is -0.160. The highest BCUT2D eigenvalue weighted by Gasteiger charge is 2.16. The van der Waals surface area contributed by atoms with Crippen LogP contribution in [0.4, 0.5) is 0 Å². The van der Waals surface area contributed by atoms with Crippen molar-refractivity contribution in [3.05, 3.63) is 85.0 Å². The van der Waals surface area contributed by atoms with E-state index in [9.17, 15) is 19.8 Å². The van der Waals surface area contributed by atoms with E-state index in [1.807, 2.05) is 48.5 Å². The van der Waals surface area contributed by atoms with Crippen LogP contribution in [0.5, 0.6) is 11.5 Å². The van der Waals surface area contributed by atoms with Crippen LogP contribution in [0.1, 0.15) is 31.4 Å². The van der Waals surface area contributed by atoms with Gasteiger partial charge in [0.15, 0.2) is 13.2 Å². The molecule has 224 valence electrons. The summed E-state index contributed by atoms with van der Waals surface area (Å²) in [6.45, 7) is 9.68. The largest absolute Gasteiger partial charge is 0.461 e. The summed E-state index contributed by atoms with van der Waals surface area (Å²) in [4.78, 5) is 22.7. The highest BCUT2D eigenvalue weighted by Crippen LogP contribution is 2.19. The fourth-order valence-corrected chi connectivity index (χ4v) is 3.41. The van der Waals surface area contributed by atoms with Crippen molar-refractivity contribution in [2.24, 2.45) is 0 Å². The Morgan fingerprint density at radius 1 is 0.683 bits per heavy atom. The van der Waals surface area contributed by atoms with Crippen molar-refractivity contribution in [3.63, 3.8) is 0 Å². The smallest absolute Gasteiger partial charge is 0.330 e. The van der Waals surface area contributed by atoms with Crippen molar-refractivity contribution in [2.45, 2.75) is 57.9 Å². The van der Waals surface area contributed by atoms with Crippen LogP contribution in [-0.2, 0) is 41.4 Å². The van der Waals surface area contributed by atoms with Crippen LogP contribution in [0, 0.1) is 0 Å². The predicted molar refractivity (Wildman–Crippen MR) is 151 cm³/mol. The first-order valence-corrected chi connectivity index (χ1v) is 13.4. The molecular weight excluding hydrogens is 532 g/mol. The number of esters is 2. The highest BCUT2D eigenvalue weighted by molar-refractivity contribution is 5.81. The van der Waals surface area contributed by atoms with Gasteiger partial charge in [-0.3, -0.25) is 0 Å². The van der Waals surface area contributed by atoms with Gasteiger partial charge in [-0.1, -0.05) is 37.4 Å². The van der Waals surface area contributed by atoms with Crippen LogP contribution in [0.25, 0.3) is 0 Å². The fourth-order valence-electron chi connectivity index (χ4n) is 3.41. The zero-order chi connectivity index (χ0) is 30.0. The maximum Gasteiger partial charge on any atom is 0.330 e. The molecule has 0 bridgehead atoms. The van der Waals surface area contributed by atoms with Gasteiger partial charge in [-0.2, -0.15) is 0 Å². The number of carbonyl (C=O) groups is 2. The molecule has 0 amide bonds. The Balaban J connectivity index is 1.83. The van der Waals surface area contributed by atoms with Crippen molar-refractivity contribution in [3.8, 4) is 11.5 Å². The minimum absolute atomic E-state index is 0.0317. The van der Waals surface area contributed by atoms with Crippen LogP contribution in [-0.4, -0.2) is 73.4 Å². The Morgan fingerprint density at radius 2 is 1.05 bits per heavy atom. The van der Waals surface area contributed by atoms with Gasteiger partial charge in [-0.25, -0.2) is 9.59 Å². The Hall–Kier alpha value is -3.70. The molecule has 2 rings (SSSR count). The summed E-state index contributed by atoms with van der Waals surface area (Å²) in [5.74, 6) is -0.0856. The standard InChI is InChI=1S/C31H40O10/c1-5-28(34)36-20-30(38-18-22(3)32)40-26-14-10-24(11-15-26)8-7-9-25-12-16-27(17-13-25)41-31(39-19-23(4)33)21-37-29(35)6-2/h5-6,10-17,22-23,30-33H,1-2,7-9,18-21H2,3-4H3. The Kier molecular flexibility index (Phi) is 15.2. The quantitative estimate of drug-likeness (QED) is 0.138. The number of ether oxygens (including phenoxy) is 6. The van der Waals surface area contributed by atoms with E-state index in [2.05, 4.69) is 13.2 Å². The molecule has 0 aliphatic rings. The second-order valence-electron chi connectivity index (χ2n) is 9.27. The third-order valence-electron chi connectivity index (χ3n) is 5.42. The molecule has 0 radical (unpaired) electrons.